The van der Waals surface area contributed by atoms with Crippen molar-refractivity contribution in [1.29, 1.82) is 0 Å². The largest absolute Gasteiger partial charge is 0.510 e. The summed E-state index contributed by atoms with van der Waals surface area (Å²) in [4.78, 5) is 22.9. The lowest BCUT2D eigenvalue weighted by Gasteiger charge is -2.18. The van der Waals surface area contributed by atoms with Gasteiger partial charge in [0.15, 0.2) is 5.69 Å². The molecule has 45 heavy (non-hydrogen) atoms. The van der Waals surface area contributed by atoms with Crippen molar-refractivity contribution in [1.82, 2.24) is 15.0 Å². The van der Waals surface area contributed by atoms with Crippen LogP contribution < -0.4 is 5.73 Å². The SMILES string of the molecule is CCCCCCCCCCCCCCCCOCCCOP(=O)(C/C=C(\C)Cn1cc(C(N)=O)nn1)OCOC(=O)OC(C)C. The highest BCUT2D eigenvalue weighted by Gasteiger charge is 2.24. The summed E-state index contributed by atoms with van der Waals surface area (Å²) in [6.07, 6.45) is 20.8. The van der Waals surface area contributed by atoms with Crippen molar-refractivity contribution < 1.29 is 37.4 Å². The summed E-state index contributed by atoms with van der Waals surface area (Å²) in [7, 11) is -3.66. The van der Waals surface area contributed by atoms with Crippen LogP contribution in [0, 0.1) is 0 Å². The van der Waals surface area contributed by atoms with Crippen LogP contribution in [0.1, 0.15) is 134 Å². The summed E-state index contributed by atoms with van der Waals surface area (Å²) < 4.78 is 41.4. The normalized spacial score (nSPS) is 13.2. The Hall–Kier alpha value is -2.27. The number of aromatic nitrogens is 3. The number of allylic oxidation sites excluding steroid dienone is 2. The molecule has 0 bridgehead atoms. The second kappa shape index (κ2) is 25.9. The molecule has 0 aliphatic carbocycles. The minimum Gasteiger partial charge on any atom is -0.432 e. The van der Waals surface area contributed by atoms with Gasteiger partial charge < -0.3 is 24.5 Å². The van der Waals surface area contributed by atoms with Gasteiger partial charge in [0.05, 0.1) is 31.6 Å². The molecule has 2 N–H and O–H groups in total. The Bertz CT molecular complexity index is 1000. The monoisotopic (exact) mass is 658 g/mol. The number of ether oxygens (including phenoxy) is 3. The van der Waals surface area contributed by atoms with Gasteiger partial charge in [-0.05, 0) is 33.6 Å². The first-order chi connectivity index (χ1) is 21.6. The topological polar surface area (TPSA) is 154 Å². The third-order valence-electron chi connectivity index (χ3n) is 6.99. The molecular weight excluding hydrogens is 599 g/mol. The first-order valence-corrected chi connectivity index (χ1v) is 18.5. The Morgan fingerprint density at radius 2 is 1.47 bits per heavy atom. The average molecular weight is 659 g/mol. The van der Waals surface area contributed by atoms with Gasteiger partial charge in [-0.15, -0.1) is 5.10 Å². The predicted octanol–water partition coefficient (Wildman–Crippen LogP) is 7.96. The minimum atomic E-state index is -3.66. The van der Waals surface area contributed by atoms with Crippen molar-refractivity contribution in [2.45, 2.75) is 137 Å². The van der Waals surface area contributed by atoms with Gasteiger partial charge in [-0.2, -0.15) is 0 Å². The third-order valence-corrected chi connectivity index (χ3v) is 8.69. The number of hydrogen-bond acceptors (Lipinski definition) is 10. The molecule has 0 radical (unpaired) electrons. The van der Waals surface area contributed by atoms with E-state index in [1.165, 1.54) is 94.3 Å². The highest BCUT2D eigenvalue weighted by molar-refractivity contribution is 7.54. The fourth-order valence-electron chi connectivity index (χ4n) is 4.47. The van der Waals surface area contributed by atoms with Crippen LogP contribution in [-0.4, -0.2) is 65.9 Å². The van der Waals surface area contributed by atoms with Gasteiger partial charge in [-0.3, -0.25) is 13.9 Å². The summed E-state index contributed by atoms with van der Waals surface area (Å²) in [5, 5.41) is 7.56. The van der Waals surface area contributed by atoms with Crippen LogP contribution in [0.25, 0.3) is 0 Å². The van der Waals surface area contributed by atoms with Crippen molar-refractivity contribution >= 4 is 19.7 Å². The zero-order valence-electron chi connectivity index (χ0n) is 28.2. The van der Waals surface area contributed by atoms with Crippen LogP contribution in [0.4, 0.5) is 4.79 Å². The van der Waals surface area contributed by atoms with Crippen LogP contribution in [0.5, 0.6) is 0 Å². The lowest BCUT2D eigenvalue weighted by Crippen LogP contribution is -2.15. The summed E-state index contributed by atoms with van der Waals surface area (Å²) in [5.41, 5.74) is 6.05. The summed E-state index contributed by atoms with van der Waals surface area (Å²) in [5.74, 6) is -0.672. The lowest BCUT2D eigenvalue weighted by atomic mass is 10.0. The van der Waals surface area contributed by atoms with E-state index >= 15 is 0 Å². The summed E-state index contributed by atoms with van der Waals surface area (Å²) >= 11 is 0. The van der Waals surface area contributed by atoms with Crippen molar-refractivity contribution in [2.24, 2.45) is 5.73 Å². The molecule has 0 spiro atoms. The average Bonchev–Trinajstić information content (AvgIpc) is 3.46. The smallest absolute Gasteiger partial charge is 0.432 e. The van der Waals surface area contributed by atoms with Crippen molar-refractivity contribution in [3.05, 3.63) is 23.5 Å². The molecule has 0 saturated carbocycles. The van der Waals surface area contributed by atoms with Gasteiger partial charge in [0.25, 0.3) is 5.91 Å². The molecule has 1 aromatic heterocycles. The van der Waals surface area contributed by atoms with Gasteiger partial charge >= 0.3 is 13.8 Å². The standard InChI is InChI=1S/C32H59N4O8P/c1-5-6-7-8-9-10-11-12-13-14-15-16-17-18-21-40-22-19-23-42-45(39,43-27-41-32(38)44-28(2)3)24-20-29(4)25-36-26-30(31(33)37)34-35-36/h20,26,28H,5-19,21-25,27H2,1-4H3,(H2,33,37)/b29-20+. The number of amides is 1. The van der Waals surface area contributed by atoms with E-state index < -0.39 is 26.5 Å². The minimum absolute atomic E-state index is 0.0529. The van der Waals surface area contributed by atoms with Gasteiger partial charge in [0.1, 0.15) is 0 Å². The number of unbranched alkanes of at least 4 members (excludes halogenated alkanes) is 13. The second-order valence-electron chi connectivity index (χ2n) is 11.7. The maximum atomic E-state index is 13.4. The van der Waals surface area contributed by atoms with E-state index in [4.69, 9.17) is 29.0 Å². The Kier molecular flexibility index (Phi) is 23.4. The van der Waals surface area contributed by atoms with Gasteiger partial charge in [0, 0.05) is 13.2 Å². The molecule has 1 atom stereocenters. The third kappa shape index (κ3) is 22.8. The number of primary amides is 1. The maximum Gasteiger partial charge on any atom is 0.510 e. The molecule has 1 unspecified atom stereocenters. The molecule has 1 heterocycles. The number of nitrogens with zero attached hydrogens (tertiary/aromatic N) is 3. The summed E-state index contributed by atoms with van der Waals surface area (Å²) in [6, 6.07) is 0. The zero-order chi connectivity index (χ0) is 33.2. The first-order valence-electron chi connectivity index (χ1n) is 16.8. The Balaban J connectivity index is 2.26. The van der Waals surface area contributed by atoms with E-state index in [2.05, 4.69) is 17.2 Å². The molecule has 1 amide bonds. The molecule has 260 valence electrons. The molecule has 0 aromatic carbocycles. The van der Waals surface area contributed by atoms with Crippen molar-refractivity contribution in [2.75, 3.05) is 32.8 Å². The van der Waals surface area contributed by atoms with E-state index in [-0.39, 0.29) is 24.6 Å². The van der Waals surface area contributed by atoms with Gasteiger partial charge in [-0.1, -0.05) is 107 Å². The summed E-state index contributed by atoms with van der Waals surface area (Å²) in [6.45, 7) is 8.50. The molecular formula is C32H59N4O8P. The fraction of sp³-hybridized carbons (Fsp3) is 0.812. The number of carbonyl (C=O) groups excluding carboxylic acids is 2. The number of nitrogens with two attached hydrogens (primary N) is 1. The van der Waals surface area contributed by atoms with Crippen molar-refractivity contribution in [3.8, 4) is 0 Å². The molecule has 0 aliphatic heterocycles. The van der Waals surface area contributed by atoms with Gasteiger partial charge in [0.2, 0.25) is 6.79 Å². The van der Waals surface area contributed by atoms with Crippen LogP contribution in [0.2, 0.25) is 0 Å². The van der Waals surface area contributed by atoms with Crippen LogP contribution >= 0.6 is 7.60 Å². The molecule has 13 heteroatoms. The van der Waals surface area contributed by atoms with E-state index in [0.717, 1.165) is 12.0 Å². The van der Waals surface area contributed by atoms with E-state index in [0.29, 0.717) is 26.2 Å². The van der Waals surface area contributed by atoms with E-state index in [1.54, 1.807) is 26.8 Å². The highest BCUT2D eigenvalue weighted by Crippen LogP contribution is 2.48. The van der Waals surface area contributed by atoms with Crippen LogP contribution in [0.15, 0.2) is 17.8 Å². The van der Waals surface area contributed by atoms with E-state index in [1.807, 2.05) is 0 Å². The van der Waals surface area contributed by atoms with E-state index in [9.17, 15) is 14.2 Å². The van der Waals surface area contributed by atoms with Gasteiger partial charge in [-0.25, -0.2) is 9.48 Å². The molecule has 0 saturated heterocycles. The lowest BCUT2D eigenvalue weighted by molar-refractivity contribution is -0.0130. The number of rotatable bonds is 29. The quantitative estimate of drug-likeness (QED) is 0.0295. The second-order valence-corrected chi connectivity index (χ2v) is 13.8. The Morgan fingerprint density at radius 1 is 0.889 bits per heavy atom. The molecule has 12 nitrogen and oxygen atoms in total. The first kappa shape index (κ1) is 40.8. The van der Waals surface area contributed by atoms with Crippen LogP contribution in [0.3, 0.4) is 0 Å². The number of hydrogen-bond donors (Lipinski definition) is 1. The Labute approximate surface area is 270 Å². The molecule has 0 aliphatic rings. The molecule has 0 fully saturated rings. The zero-order valence-corrected chi connectivity index (χ0v) is 29.1. The molecule has 1 aromatic rings. The van der Waals surface area contributed by atoms with Crippen molar-refractivity contribution in [3.63, 3.8) is 0 Å². The number of carbonyl (C=O) groups is 2. The Morgan fingerprint density at radius 3 is 2.02 bits per heavy atom. The van der Waals surface area contributed by atoms with Crippen LogP contribution in [-0.2, 0) is 34.4 Å². The molecule has 1 rings (SSSR count). The highest BCUT2D eigenvalue weighted by atomic mass is 31.2. The fourth-order valence-corrected chi connectivity index (χ4v) is 5.91. The predicted molar refractivity (Wildman–Crippen MR) is 175 cm³/mol. The maximum absolute atomic E-state index is 13.4.